The molecule has 0 aromatic rings. The van der Waals surface area contributed by atoms with Crippen molar-refractivity contribution in [3.05, 3.63) is 0 Å². The average molecular weight is 241 g/mol. The van der Waals surface area contributed by atoms with Crippen LogP contribution in [0.3, 0.4) is 0 Å². The molecule has 1 aliphatic rings. The van der Waals surface area contributed by atoms with Gasteiger partial charge in [0.2, 0.25) is 0 Å². The van der Waals surface area contributed by atoms with Gasteiger partial charge in [-0.2, -0.15) is 0 Å². The molecule has 0 saturated heterocycles. The summed E-state index contributed by atoms with van der Waals surface area (Å²) in [6, 6.07) is 0.667. The highest BCUT2D eigenvalue weighted by Crippen LogP contribution is 2.27. The van der Waals surface area contributed by atoms with Crippen LogP contribution >= 0.6 is 0 Å². The molecule has 0 spiro atoms. The molecule has 0 atom stereocenters. The van der Waals surface area contributed by atoms with Gasteiger partial charge in [0.1, 0.15) is 0 Å². The summed E-state index contributed by atoms with van der Waals surface area (Å²) in [5.74, 6) is 1.17. The monoisotopic (exact) mass is 241 g/mol. The molecule has 1 aliphatic carbocycles. The zero-order chi connectivity index (χ0) is 12.7. The first-order valence-corrected chi connectivity index (χ1v) is 6.69. The molecular weight excluding hydrogens is 214 g/mol. The van der Waals surface area contributed by atoms with Crippen LogP contribution in [-0.4, -0.2) is 43.6 Å². The largest absolute Gasteiger partial charge is 0.388 e. The lowest BCUT2D eigenvalue weighted by molar-refractivity contribution is 0.0967. The van der Waals surface area contributed by atoms with E-state index in [0.29, 0.717) is 12.5 Å². The summed E-state index contributed by atoms with van der Waals surface area (Å²) < 4.78 is 5.16. The number of rotatable bonds is 7. The molecule has 4 nitrogen and oxygen atoms in total. The van der Waals surface area contributed by atoms with E-state index in [9.17, 15) is 0 Å². The van der Waals surface area contributed by atoms with Gasteiger partial charge >= 0.3 is 0 Å². The maximum absolute atomic E-state index is 7.33. The van der Waals surface area contributed by atoms with E-state index in [1.807, 2.05) is 0 Å². The van der Waals surface area contributed by atoms with Crippen LogP contribution in [0.15, 0.2) is 0 Å². The number of hydrogen-bond acceptors (Lipinski definition) is 3. The van der Waals surface area contributed by atoms with Gasteiger partial charge in [-0.1, -0.05) is 6.92 Å². The summed E-state index contributed by atoms with van der Waals surface area (Å²) in [5.41, 5.74) is 5.45. The highest BCUT2D eigenvalue weighted by Gasteiger charge is 2.23. The molecule has 0 aromatic carbocycles. The Labute approximate surface area is 105 Å². The maximum atomic E-state index is 7.33. The van der Waals surface area contributed by atoms with Crippen molar-refractivity contribution in [2.45, 2.75) is 45.1 Å². The van der Waals surface area contributed by atoms with Gasteiger partial charge in [-0.15, -0.1) is 0 Å². The minimum Gasteiger partial charge on any atom is -0.388 e. The normalized spacial score (nSPS) is 25.1. The van der Waals surface area contributed by atoms with Crippen LogP contribution in [0.4, 0.5) is 0 Å². The van der Waals surface area contributed by atoms with E-state index in [0.717, 1.165) is 25.6 Å². The van der Waals surface area contributed by atoms with Crippen molar-refractivity contribution < 1.29 is 4.74 Å². The molecule has 100 valence electrons. The average Bonchev–Trinajstić information content (AvgIpc) is 2.30. The highest BCUT2D eigenvalue weighted by atomic mass is 16.5. The molecule has 4 heteroatoms. The smallest absolute Gasteiger partial charge is 0.0918 e. The van der Waals surface area contributed by atoms with Gasteiger partial charge < -0.3 is 10.5 Å². The second-order valence-electron chi connectivity index (χ2n) is 5.22. The predicted molar refractivity (Wildman–Crippen MR) is 71.4 cm³/mol. The molecule has 0 amide bonds. The number of methoxy groups -OCH3 is 1. The highest BCUT2D eigenvalue weighted by molar-refractivity contribution is 5.76. The Bertz CT molecular complexity index is 225. The quantitative estimate of drug-likeness (QED) is 0.528. The molecule has 0 heterocycles. The second-order valence-corrected chi connectivity index (χ2v) is 5.22. The SMILES string of the molecule is COCCN(CCC(=N)N)C1CCC(C)CC1. The van der Waals surface area contributed by atoms with Gasteiger partial charge in [-0.05, 0) is 31.6 Å². The van der Waals surface area contributed by atoms with Crippen LogP contribution in [0.25, 0.3) is 0 Å². The van der Waals surface area contributed by atoms with Gasteiger partial charge in [0.15, 0.2) is 0 Å². The molecule has 0 bridgehead atoms. The van der Waals surface area contributed by atoms with Gasteiger partial charge in [0, 0.05) is 32.7 Å². The lowest BCUT2D eigenvalue weighted by Gasteiger charge is -2.36. The molecular formula is C13H27N3O. The Morgan fingerprint density at radius 2 is 1.94 bits per heavy atom. The topological polar surface area (TPSA) is 62.3 Å². The van der Waals surface area contributed by atoms with Crippen molar-refractivity contribution in [2.75, 3.05) is 26.8 Å². The predicted octanol–water partition coefficient (Wildman–Crippen LogP) is 1.84. The van der Waals surface area contributed by atoms with Crippen molar-refractivity contribution >= 4 is 5.84 Å². The summed E-state index contributed by atoms with van der Waals surface area (Å²) in [6.07, 6.45) is 5.89. The van der Waals surface area contributed by atoms with Gasteiger partial charge in [-0.3, -0.25) is 10.3 Å². The minimum atomic E-state index is 0.289. The number of nitrogens with two attached hydrogens (primary N) is 1. The van der Waals surface area contributed by atoms with Crippen LogP contribution < -0.4 is 5.73 Å². The molecule has 0 aromatic heterocycles. The fourth-order valence-corrected chi connectivity index (χ4v) is 2.56. The summed E-state index contributed by atoms with van der Waals surface area (Å²) in [7, 11) is 1.74. The van der Waals surface area contributed by atoms with Gasteiger partial charge in [0.25, 0.3) is 0 Å². The fourth-order valence-electron chi connectivity index (χ4n) is 2.56. The Morgan fingerprint density at radius 3 is 2.47 bits per heavy atom. The molecule has 3 N–H and O–H groups in total. The summed E-state index contributed by atoms with van der Waals surface area (Å²) in [6.45, 7) is 4.97. The van der Waals surface area contributed by atoms with Crippen LogP contribution in [0.2, 0.25) is 0 Å². The molecule has 0 aliphatic heterocycles. The van der Waals surface area contributed by atoms with Crippen molar-refractivity contribution in [3.8, 4) is 0 Å². The summed E-state index contributed by atoms with van der Waals surface area (Å²) in [5, 5.41) is 7.33. The fraction of sp³-hybridized carbons (Fsp3) is 0.923. The van der Waals surface area contributed by atoms with E-state index in [1.54, 1.807) is 7.11 Å². The number of ether oxygens (including phenoxy) is 1. The minimum absolute atomic E-state index is 0.289. The molecule has 17 heavy (non-hydrogen) atoms. The number of nitrogens with one attached hydrogen (secondary N) is 1. The van der Waals surface area contributed by atoms with Crippen molar-refractivity contribution in [3.63, 3.8) is 0 Å². The third-order valence-electron chi connectivity index (χ3n) is 3.75. The first-order chi connectivity index (χ1) is 8.13. The van der Waals surface area contributed by atoms with E-state index in [2.05, 4.69) is 11.8 Å². The first kappa shape index (κ1) is 14.5. The molecule has 0 radical (unpaired) electrons. The van der Waals surface area contributed by atoms with E-state index >= 15 is 0 Å². The Morgan fingerprint density at radius 1 is 1.29 bits per heavy atom. The molecule has 0 unspecified atom stereocenters. The lowest BCUT2D eigenvalue weighted by atomic mass is 9.86. The summed E-state index contributed by atoms with van der Waals surface area (Å²) >= 11 is 0. The zero-order valence-corrected chi connectivity index (χ0v) is 11.2. The van der Waals surface area contributed by atoms with Crippen molar-refractivity contribution in [1.82, 2.24) is 4.90 Å². The van der Waals surface area contributed by atoms with E-state index in [1.165, 1.54) is 25.7 Å². The Balaban J connectivity index is 2.40. The number of amidine groups is 1. The van der Waals surface area contributed by atoms with Crippen LogP contribution in [0, 0.1) is 11.3 Å². The third kappa shape index (κ3) is 5.50. The third-order valence-corrected chi connectivity index (χ3v) is 3.75. The second kappa shape index (κ2) is 7.67. The van der Waals surface area contributed by atoms with Crippen LogP contribution in [0.5, 0.6) is 0 Å². The first-order valence-electron chi connectivity index (χ1n) is 6.69. The molecule has 1 rings (SSSR count). The Hall–Kier alpha value is -0.610. The molecule has 1 saturated carbocycles. The lowest BCUT2D eigenvalue weighted by Crippen LogP contribution is -2.41. The Kier molecular flexibility index (Phi) is 6.52. The van der Waals surface area contributed by atoms with Gasteiger partial charge in [0.05, 0.1) is 12.4 Å². The van der Waals surface area contributed by atoms with E-state index in [-0.39, 0.29) is 5.84 Å². The van der Waals surface area contributed by atoms with Crippen LogP contribution in [-0.2, 0) is 4.74 Å². The van der Waals surface area contributed by atoms with Crippen LogP contribution in [0.1, 0.15) is 39.0 Å². The number of hydrogen-bond donors (Lipinski definition) is 2. The zero-order valence-electron chi connectivity index (χ0n) is 11.2. The van der Waals surface area contributed by atoms with Crippen molar-refractivity contribution in [1.29, 1.82) is 5.41 Å². The van der Waals surface area contributed by atoms with E-state index < -0.39 is 0 Å². The van der Waals surface area contributed by atoms with Crippen molar-refractivity contribution in [2.24, 2.45) is 11.7 Å². The summed E-state index contributed by atoms with van der Waals surface area (Å²) in [4.78, 5) is 2.46. The molecule has 1 fully saturated rings. The maximum Gasteiger partial charge on any atom is 0.0918 e. The number of nitrogens with zero attached hydrogens (tertiary/aromatic N) is 1. The van der Waals surface area contributed by atoms with E-state index in [4.69, 9.17) is 15.9 Å². The standard InChI is InChI=1S/C13H27N3O/c1-11-3-5-12(6-4-11)16(9-10-17-2)8-7-13(14)15/h11-12H,3-10H2,1-2H3,(H3,14,15). The van der Waals surface area contributed by atoms with Gasteiger partial charge in [-0.25, -0.2) is 0 Å².